The summed E-state index contributed by atoms with van der Waals surface area (Å²) in [6, 6.07) is 8.11. The van der Waals surface area contributed by atoms with Gasteiger partial charge in [-0.1, -0.05) is 18.2 Å². The first-order chi connectivity index (χ1) is 10.2. The molecule has 2 aromatic rings. The van der Waals surface area contributed by atoms with Gasteiger partial charge in [0.05, 0.1) is 17.6 Å². The number of hydrogen-bond donors (Lipinski definition) is 1. The van der Waals surface area contributed by atoms with E-state index >= 15 is 0 Å². The lowest BCUT2D eigenvalue weighted by Gasteiger charge is -2.21. The molecule has 0 amide bonds. The summed E-state index contributed by atoms with van der Waals surface area (Å²) in [5, 5.41) is 8.98. The fourth-order valence-corrected chi connectivity index (χ4v) is 3.23. The molecule has 1 aromatic carbocycles. The number of carbonyl (C=O) groups excluding carboxylic acids is 1. The monoisotopic (exact) mass is 285 g/mol. The van der Waals surface area contributed by atoms with Crippen LogP contribution in [0.15, 0.2) is 24.3 Å². The Morgan fingerprint density at radius 2 is 2.10 bits per heavy atom. The second kappa shape index (κ2) is 6.39. The third-order valence-corrected chi connectivity index (χ3v) is 4.49. The summed E-state index contributed by atoms with van der Waals surface area (Å²) in [7, 11) is 1.94. The third-order valence-electron chi connectivity index (χ3n) is 4.49. The second-order valence-corrected chi connectivity index (χ2v) is 6.03. The number of nitrogens with zero attached hydrogens (tertiary/aromatic N) is 2. The van der Waals surface area contributed by atoms with E-state index < -0.39 is 0 Å². The van der Waals surface area contributed by atoms with Crippen molar-refractivity contribution in [1.29, 1.82) is 0 Å². The molecule has 0 aliphatic carbocycles. The van der Waals surface area contributed by atoms with E-state index in [0.29, 0.717) is 18.6 Å². The van der Waals surface area contributed by atoms with Crippen molar-refractivity contribution in [3.05, 3.63) is 30.0 Å². The Morgan fingerprint density at radius 3 is 2.90 bits per heavy atom. The van der Waals surface area contributed by atoms with Crippen LogP contribution in [0.25, 0.3) is 10.9 Å². The van der Waals surface area contributed by atoms with Crippen molar-refractivity contribution in [2.45, 2.75) is 32.1 Å². The number of rotatable bonds is 5. The van der Waals surface area contributed by atoms with Crippen LogP contribution in [0.4, 0.5) is 0 Å². The molecular formula is C17H23N3O. The number of Topliss-reactive ketones (excluding diaryl/α,β-unsaturated/α-hetero) is 1. The number of aryl methyl sites for hydroxylation is 1. The second-order valence-electron chi connectivity index (χ2n) is 6.03. The van der Waals surface area contributed by atoms with Gasteiger partial charge in [-0.2, -0.15) is 5.10 Å². The molecular weight excluding hydrogens is 262 g/mol. The van der Waals surface area contributed by atoms with Gasteiger partial charge >= 0.3 is 0 Å². The molecule has 1 N–H and O–H groups in total. The average Bonchev–Trinajstić information content (AvgIpc) is 2.83. The summed E-state index contributed by atoms with van der Waals surface area (Å²) < 4.78 is 1.87. The van der Waals surface area contributed by atoms with E-state index in [0.717, 1.165) is 42.0 Å². The predicted octanol–water partition coefficient (Wildman–Crippen LogP) is 2.46. The zero-order valence-electron chi connectivity index (χ0n) is 12.6. The summed E-state index contributed by atoms with van der Waals surface area (Å²) >= 11 is 0. The minimum absolute atomic E-state index is 0.317. The molecule has 0 unspecified atom stereocenters. The quantitative estimate of drug-likeness (QED) is 0.918. The van der Waals surface area contributed by atoms with Crippen LogP contribution < -0.4 is 5.32 Å². The number of para-hydroxylation sites is 1. The van der Waals surface area contributed by atoms with Gasteiger partial charge in [-0.3, -0.25) is 9.48 Å². The number of carbonyl (C=O) groups is 1. The number of nitrogens with one attached hydrogen (secondary N) is 1. The molecule has 0 spiro atoms. The molecule has 0 atom stereocenters. The smallest absolute Gasteiger partial charge is 0.138 e. The molecule has 2 heterocycles. The molecule has 0 bridgehead atoms. The van der Waals surface area contributed by atoms with Gasteiger partial charge < -0.3 is 5.32 Å². The summed E-state index contributed by atoms with van der Waals surface area (Å²) in [5.74, 6) is 1.04. The summed E-state index contributed by atoms with van der Waals surface area (Å²) in [4.78, 5) is 12.2. The lowest BCUT2D eigenvalue weighted by Crippen LogP contribution is -2.28. The molecule has 0 saturated carbocycles. The van der Waals surface area contributed by atoms with Crippen LogP contribution >= 0.6 is 0 Å². The molecule has 4 heteroatoms. The van der Waals surface area contributed by atoms with Crippen molar-refractivity contribution < 1.29 is 4.79 Å². The lowest BCUT2D eigenvalue weighted by atomic mass is 9.91. The van der Waals surface area contributed by atoms with E-state index in [9.17, 15) is 4.79 Å². The van der Waals surface area contributed by atoms with Crippen molar-refractivity contribution >= 4 is 16.7 Å². The van der Waals surface area contributed by atoms with Gasteiger partial charge in [0, 0.05) is 18.9 Å². The molecule has 1 aliphatic heterocycles. The Kier molecular flexibility index (Phi) is 4.34. The highest BCUT2D eigenvalue weighted by atomic mass is 16.1. The molecule has 112 valence electrons. The molecule has 3 rings (SSSR count). The fourth-order valence-electron chi connectivity index (χ4n) is 3.23. The number of aromatic nitrogens is 2. The minimum Gasteiger partial charge on any atom is -0.317 e. The Labute approximate surface area is 125 Å². The predicted molar refractivity (Wildman–Crippen MR) is 84.3 cm³/mol. The van der Waals surface area contributed by atoms with Crippen LogP contribution in [0.3, 0.4) is 0 Å². The van der Waals surface area contributed by atoms with Gasteiger partial charge in [0.25, 0.3) is 0 Å². The third kappa shape index (κ3) is 3.32. The molecule has 21 heavy (non-hydrogen) atoms. The van der Waals surface area contributed by atoms with Crippen molar-refractivity contribution in [1.82, 2.24) is 15.1 Å². The van der Waals surface area contributed by atoms with E-state index in [-0.39, 0.29) is 0 Å². The number of hydrogen-bond acceptors (Lipinski definition) is 3. The van der Waals surface area contributed by atoms with E-state index in [1.54, 1.807) is 0 Å². The normalized spacial score (nSPS) is 16.4. The highest BCUT2D eigenvalue weighted by Gasteiger charge is 2.16. The van der Waals surface area contributed by atoms with Crippen LogP contribution in [0.2, 0.25) is 0 Å². The fraction of sp³-hybridized carbons (Fsp3) is 0.529. The number of piperidine rings is 1. The van der Waals surface area contributed by atoms with Crippen molar-refractivity contribution in [2.75, 3.05) is 13.1 Å². The van der Waals surface area contributed by atoms with Crippen molar-refractivity contribution in [2.24, 2.45) is 13.0 Å². The molecule has 0 radical (unpaired) electrons. The van der Waals surface area contributed by atoms with Gasteiger partial charge in [-0.25, -0.2) is 0 Å². The Hall–Kier alpha value is -1.68. The first kappa shape index (κ1) is 14.3. The summed E-state index contributed by atoms with van der Waals surface area (Å²) in [6.45, 7) is 2.20. The molecule has 1 aliphatic rings. The Balaban J connectivity index is 1.61. The zero-order valence-corrected chi connectivity index (χ0v) is 12.6. The van der Waals surface area contributed by atoms with Crippen LogP contribution in [0, 0.1) is 5.92 Å². The zero-order chi connectivity index (χ0) is 14.7. The minimum atomic E-state index is 0.317. The van der Waals surface area contributed by atoms with E-state index in [1.807, 2.05) is 29.9 Å². The first-order valence-electron chi connectivity index (χ1n) is 7.87. The van der Waals surface area contributed by atoms with E-state index in [4.69, 9.17) is 0 Å². The molecule has 4 nitrogen and oxygen atoms in total. The maximum absolute atomic E-state index is 12.2. The van der Waals surface area contributed by atoms with Gasteiger partial charge in [0.1, 0.15) is 5.78 Å². The van der Waals surface area contributed by atoms with Crippen molar-refractivity contribution in [3.8, 4) is 0 Å². The van der Waals surface area contributed by atoms with E-state index in [2.05, 4.69) is 16.5 Å². The summed E-state index contributed by atoms with van der Waals surface area (Å²) in [6.07, 6.45) is 4.60. The van der Waals surface area contributed by atoms with E-state index in [1.165, 1.54) is 12.8 Å². The number of ketones is 1. The molecule has 1 saturated heterocycles. The number of fused-ring (bicyclic) bond motifs is 1. The molecule has 1 fully saturated rings. The lowest BCUT2D eigenvalue weighted by molar-refractivity contribution is -0.118. The van der Waals surface area contributed by atoms with Crippen LogP contribution in [-0.4, -0.2) is 28.7 Å². The Bertz CT molecular complexity index is 626. The van der Waals surface area contributed by atoms with Gasteiger partial charge in [-0.05, 0) is 44.3 Å². The van der Waals surface area contributed by atoms with Crippen LogP contribution in [0.5, 0.6) is 0 Å². The van der Waals surface area contributed by atoms with Crippen molar-refractivity contribution in [3.63, 3.8) is 0 Å². The maximum Gasteiger partial charge on any atom is 0.138 e. The largest absolute Gasteiger partial charge is 0.317 e. The summed E-state index contributed by atoms with van der Waals surface area (Å²) in [5.41, 5.74) is 2.02. The van der Waals surface area contributed by atoms with Gasteiger partial charge in [0.15, 0.2) is 0 Å². The average molecular weight is 285 g/mol. The topological polar surface area (TPSA) is 46.9 Å². The standard InChI is InChI=1S/C17H23N3O/c1-20-17-5-3-2-4-15(17)16(19-20)12-14(21)7-6-13-8-10-18-11-9-13/h2-5,13,18H,6-12H2,1H3. The highest BCUT2D eigenvalue weighted by molar-refractivity contribution is 5.88. The molecule has 1 aromatic heterocycles. The highest BCUT2D eigenvalue weighted by Crippen LogP contribution is 2.21. The first-order valence-corrected chi connectivity index (χ1v) is 7.87. The van der Waals surface area contributed by atoms with Crippen LogP contribution in [-0.2, 0) is 18.3 Å². The van der Waals surface area contributed by atoms with Crippen LogP contribution in [0.1, 0.15) is 31.4 Å². The van der Waals surface area contributed by atoms with Gasteiger partial charge in [-0.15, -0.1) is 0 Å². The maximum atomic E-state index is 12.2. The number of benzene rings is 1. The SMILES string of the molecule is Cn1nc(CC(=O)CCC2CCNCC2)c2ccccc21. The van der Waals surface area contributed by atoms with Gasteiger partial charge in [0.2, 0.25) is 0 Å². The Morgan fingerprint density at radius 1 is 1.33 bits per heavy atom.